The molecule has 2 N–H and O–H groups in total. The predicted molar refractivity (Wildman–Crippen MR) is 96.8 cm³/mol. The predicted octanol–water partition coefficient (Wildman–Crippen LogP) is 0.850. The second-order valence-electron chi connectivity index (χ2n) is 7.55. The van der Waals surface area contributed by atoms with E-state index in [0.717, 1.165) is 18.4 Å². The van der Waals surface area contributed by atoms with Crippen LogP contribution in [0.15, 0.2) is 24.5 Å². The number of hydrazine groups is 1. The molecule has 0 spiro atoms. The number of aromatic nitrogens is 1. The summed E-state index contributed by atoms with van der Waals surface area (Å²) in [4.78, 5) is 33.3. The molecule has 3 fully saturated rings. The van der Waals surface area contributed by atoms with Gasteiger partial charge >= 0.3 is 0 Å². The van der Waals surface area contributed by atoms with E-state index in [2.05, 4.69) is 15.8 Å². The second kappa shape index (κ2) is 7.72. The van der Waals surface area contributed by atoms with Gasteiger partial charge in [-0.2, -0.15) is 0 Å². The molecule has 2 atom stereocenters. The Balaban J connectivity index is 1.28. The highest BCUT2D eigenvalue weighted by atomic mass is 16.2. The summed E-state index contributed by atoms with van der Waals surface area (Å²) in [7, 11) is 0. The van der Waals surface area contributed by atoms with E-state index in [4.69, 9.17) is 0 Å². The summed E-state index contributed by atoms with van der Waals surface area (Å²) in [5.41, 5.74) is 7.42. The molecule has 4 rings (SSSR count). The van der Waals surface area contributed by atoms with Crippen LogP contribution in [-0.4, -0.2) is 58.8 Å². The van der Waals surface area contributed by atoms with Crippen molar-refractivity contribution >= 4 is 11.8 Å². The standard InChI is InChI=1S/C19H27N5O2/c25-18(14-4-1-2-5-14)23-8-10-24(11-9-23)19(26)17-12-16(21-22-17)15-6-3-7-20-13-15/h3,6-7,13-14,16-17,21-22H,1-2,4-5,8-12H2. The van der Waals surface area contributed by atoms with Gasteiger partial charge in [0.15, 0.2) is 0 Å². The van der Waals surface area contributed by atoms with Crippen LogP contribution in [0.1, 0.15) is 43.7 Å². The monoisotopic (exact) mass is 357 g/mol. The van der Waals surface area contributed by atoms with Gasteiger partial charge in [-0.3, -0.25) is 14.6 Å². The van der Waals surface area contributed by atoms with E-state index in [1.807, 2.05) is 28.1 Å². The highest BCUT2D eigenvalue weighted by Gasteiger charge is 2.35. The zero-order valence-corrected chi connectivity index (χ0v) is 15.1. The Bertz CT molecular complexity index is 639. The van der Waals surface area contributed by atoms with Crippen molar-refractivity contribution < 1.29 is 9.59 Å². The number of pyridine rings is 1. The molecule has 0 bridgehead atoms. The van der Waals surface area contributed by atoms with Crippen molar-refractivity contribution in [2.75, 3.05) is 26.2 Å². The van der Waals surface area contributed by atoms with Crippen molar-refractivity contribution in [1.29, 1.82) is 0 Å². The average Bonchev–Trinajstić information content (AvgIpc) is 3.40. The lowest BCUT2D eigenvalue weighted by Crippen LogP contribution is -2.55. The molecule has 1 aromatic rings. The van der Waals surface area contributed by atoms with Crippen molar-refractivity contribution in [3.05, 3.63) is 30.1 Å². The number of carbonyl (C=O) groups excluding carboxylic acids is 2. The summed E-state index contributed by atoms with van der Waals surface area (Å²) in [6.45, 7) is 2.58. The minimum atomic E-state index is -0.225. The summed E-state index contributed by atoms with van der Waals surface area (Å²) >= 11 is 0. The largest absolute Gasteiger partial charge is 0.339 e. The quantitative estimate of drug-likeness (QED) is 0.839. The smallest absolute Gasteiger partial charge is 0.241 e. The lowest BCUT2D eigenvalue weighted by Gasteiger charge is -2.37. The maximum absolute atomic E-state index is 12.8. The van der Waals surface area contributed by atoms with Crippen LogP contribution in [-0.2, 0) is 9.59 Å². The second-order valence-corrected chi connectivity index (χ2v) is 7.55. The fraction of sp³-hybridized carbons (Fsp3) is 0.632. The molecule has 2 saturated heterocycles. The van der Waals surface area contributed by atoms with E-state index in [1.165, 1.54) is 12.8 Å². The van der Waals surface area contributed by atoms with Crippen LogP contribution in [0.5, 0.6) is 0 Å². The van der Waals surface area contributed by atoms with E-state index in [-0.39, 0.29) is 23.9 Å². The van der Waals surface area contributed by atoms with Gasteiger partial charge in [-0.1, -0.05) is 18.9 Å². The summed E-state index contributed by atoms with van der Waals surface area (Å²) < 4.78 is 0. The molecule has 0 radical (unpaired) electrons. The number of carbonyl (C=O) groups is 2. The van der Waals surface area contributed by atoms with Gasteiger partial charge < -0.3 is 9.80 Å². The zero-order chi connectivity index (χ0) is 17.9. The van der Waals surface area contributed by atoms with Gasteiger partial charge in [-0.25, -0.2) is 10.9 Å². The molecule has 0 aromatic carbocycles. The molecule has 2 unspecified atom stereocenters. The van der Waals surface area contributed by atoms with Gasteiger partial charge in [0.2, 0.25) is 11.8 Å². The van der Waals surface area contributed by atoms with Crippen LogP contribution in [0.2, 0.25) is 0 Å². The SMILES string of the molecule is O=C(C1CCCC1)N1CCN(C(=O)C2CC(c3cccnc3)NN2)CC1. The van der Waals surface area contributed by atoms with Crippen LogP contribution < -0.4 is 10.9 Å². The first kappa shape index (κ1) is 17.4. The molecule has 1 aliphatic carbocycles. The van der Waals surface area contributed by atoms with Crippen molar-refractivity contribution in [1.82, 2.24) is 25.6 Å². The fourth-order valence-corrected chi connectivity index (χ4v) is 4.32. The first-order chi connectivity index (χ1) is 12.7. The Morgan fingerprint density at radius 2 is 1.69 bits per heavy atom. The van der Waals surface area contributed by atoms with Gasteiger partial charge in [-0.15, -0.1) is 0 Å². The molecular formula is C19H27N5O2. The molecule has 26 heavy (non-hydrogen) atoms. The summed E-state index contributed by atoms with van der Waals surface area (Å²) in [6.07, 6.45) is 8.71. The van der Waals surface area contributed by atoms with Crippen LogP contribution in [0, 0.1) is 5.92 Å². The van der Waals surface area contributed by atoms with Gasteiger partial charge in [0, 0.05) is 50.5 Å². The number of nitrogens with one attached hydrogen (secondary N) is 2. The summed E-state index contributed by atoms with van der Waals surface area (Å²) in [5.74, 6) is 0.641. The van der Waals surface area contributed by atoms with E-state index in [0.29, 0.717) is 38.5 Å². The van der Waals surface area contributed by atoms with Gasteiger partial charge in [0.1, 0.15) is 6.04 Å². The van der Waals surface area contributed by atoms with Crippen molar-refractivity contribution in [3.8, 4) is 0 Å². The maximum atomic E-state index is 12.8. The van der Waals surface area contributed by atoms with Crippen molar-refractivity contribution in [2.24, 2.45) is 5.92 Å². The number of piperazine rings is 1. The number of nitrogens with zero attached hydrogens (tertiary/aromatic N) is 3. The van der Waals surface area contributed by atoms with E-state index in [1.54, 1.807) is 6.20 Å². The molecular weight excluding hydrogens is 330 g/mol. The first-order valence-corrected chi connectivity index (χ1v) is 9.71. The molecule has 2 aliphatic heterocycles. The molecule has 1 aromatic heterocycles. The van der Waals surface area contributed by atoms with Gasteiger partial charge in [0.25, 0.3) is 0 Å². The number of amides is 2. The third-order valence-corrected chi connectivity index (χ3v) is 5.90. The Kier molecular flexibility index (Phi) is 5.17. The van der Waals surface area contributed by atoms with Gasteiger partial charge in [-0.05, 0) is 30.9 Å². The molecule has 7 heteroatoms. The van der Waals surface area contributed by atoms with Crippen LogP contribution in [0.3, 0.4) is 0 Å². The zero-order valence-electron chi connectivity index (χ0n) is 15.1. The van der Waals surface area contributed by atoms with E-state index < -0.39 is 0 Å². The van der Waals surface area contributed by atoms with Crippen molar-refractivity contribution in [3.63, 3.8) is 0 Å². The molecule has 1 saturated carbocycles. The Labute approximate surface area is 154 Å². The lowest BCUT2D eigenvalue weighted by molar-refractivity contribution is -0.142. The van der Waals surface area contributed by atoms with E-state index >= 15 is 0 Å². The topological polar surface area (TPSA) is 77.6 Å². The molecule has 7 nitrogen and oxygen atoms in total. The van der Waals surface area contributed by atoms with Gasteiger partial charge in [0.05, 0.1) is 0 Å². The van der Waals surface area contributed by atoms with Crippen molar-refractivity contribution in [2.45, 2.75) is 44.2 Å². The minimum Gasteiger partial charge on any atom is -0.339 e. The normalized spacial score (nSPS) is 27.1. The highest BCUT2D eigenvalue weighted by Crippen LogP contribution is 2.27. The summed E-state index contributed by atoms with van der Waals surface area (Å²) in [5, 5.41) is 0. The number of rotatable bonds is 3. The molecule has 2 amide bonds. The number of hydrogen-bond acceptors (Lipinski definition) is 5. The minimum absolute atomic E-state index is 0.0999. The third-order valence-electron chi connectivity index (χ3n) is 5.90. The lowest BCUT2D eigenvalue weighted by atomic mass is 10.0. The molecule has 140 valence electrons. The Hall–Kier alpha value is -1.99. The van der Waals surface area contributed by atoms with E-state index in [9.17, 15) is 9.59 Å². The molecule has 3 aliphatic rings. The highest BCUT2D eigenvalue weighted by molar-refractivity contribution is 5.83. The Morgan fingerprint density at radius 1 is 1.00 bits per heavy atom. The third kappa shape index (κ3) is 3.59. The number of hydrogen-bond donors (Lipinski definition) is 2. The fourth-order valence-electron chi connectivity index (χ4n) is 4.32. The summed E-state index contributed by atoms with van der Waals surface area (Å²) in [6, 6.07) is 3.81. The average molecular weight is 357 g/mol. The first-order valence-electron chi connectivity index (χ1n) is 9.71. The Morgan fingerprint density at radius 3 is 2.35 bits per heavy atom. The maximum Gasteiger partial charge on any atom is 0.241 e. The van der Waals surface area contributed by atoms with Crippen LogP contribution >= 0.6 is 0 Å². The van der Waals surface area contributed by atoms with Crippen LogP contribution in [0.25, 0.3) is 0 Å². The molecule has 3 heterocycles. The van der Waals surface area contributed by atoms with Crippen LogP contribution in [0.4, 0.5) is 0 Å².